The van der Waals surface area contributed by atoms with E-state index in [2.05, 4.69) is 15.0 Å². The molecule has 0 saturated heterocycles. The largest absolute Gasteiger partial charge is 0.342 e. The SMILES string of the molecule is NCCCCCCc1ncc(-c2cccnc2)[nH]1. The van der Waals surface area contributed by atoms with Crippen LogP contribution < -0.4 is 5.73 Å². The van der Waals surface area contributed by atoms with E-state index >= 15 is 0 Å². The topological polar surface area (TPSA) is 67.6 Å². The molecular weight excluding hydrogens is 224 g/mol. The Balaban J connectivity index is 1.83. The van der Waals surface area contributed by atoms with E-state index in [1.807, 2.05) is 24.5 Å². The Kier molecular flexibility index (Phi) is 4.90. The Morgan fingerprint density at radius 2 is 2.00 bits per heavy atom. The lowest BCUT2D eigenvalue weighted by Gasteiger charge is -1.98. The van der Waals surface area contributed by atoms with Crippen LogP contribution in [0.5, 0.6) is 0 Å². The molecule has 0 aliphatic heterocycles. The van der Waals surface area contributed by atoms with E-state index in [-0.39, 0.29) is 0 Å². The highest BCUT2D eigenvalue weighted by atomic mass is 14.9. The van der Waals surface area contributed by atoms with Crippen LogP contribution in [0.15, 0.2) is 30.7 Å². The molecule has 4 heteroatoms. The van der Waals surface area contributed by atoms with Crippen molar-refractivity contribution in [3.8, 4) is 11.3 Å². The summed E-state index contributed by atoms with van der Waals surface area (Å²) in [6.45, 7) is 0.798. The summed E-state index contributed by atoms with van der Waals surface area (Å²) in [7, 11) is 0. The fourth-order valence-electron chi connectivity index (χ4n) is 1.95. The van der Waals surface area contributed by atoms with Crippen LogP contribution in [0.4, 0.5) is 0 Å². The van der Waals surface area contributed by atoms with Crippen LogP contribution in [0.3, 0.4) is 0 Å². The maximum atomic E-state index is 5.47. The quantitative estimate of drug-likeness (QED) is 0.735. The minimum absolute atomic E-state index is 0.798. The van der Waals surface area contributed by atoms with E-state index in [0.29, 0.717) is 0 Å². The third-order valence-electron chi connectivity index (χ3n) is 2.97. The van der Waals surface area contributed by atoms with Gasteiger partial charge in [-0.2, -0.15) is 0 Å². The van der Waals surface area contributed by atoms with Crippen LogP contribution in [0.2, 0.25) is 0 Å². The zero-order valence-electron chi connectivity index (χ0n) is 10.6. The molecule has 0 bridgehead atoms. The fourth-order valence-corrected chi connectivity index (χ4v) is 1.95. The average molecular weight is 244 g/mol. The van der Waals surface area contributed by atoms with Crippen molar-refractivity contribution in [2.24, 2.45) is 5.73 Å². The summed E-state index contributed by atoms with van der Waals surface area (Å²) in [5, 5.41) is 0. The molecule has 2 heterocycles. The number of nitrogens with one attached hydrogen (secondary N) is 1. The van der Waals surface area contributed by atoms with Crippen molar-refractivity contribution < 1.29 is 0 Å². The highest BCUT2D eigenvalue weighted by molar-refractivity contribution is 5.56. The molecule has 0 atom stereocenters. The highest BCUT2D eigenvalue weighted by Gasteiger charge is 2.02. The van der Waals surface area contributed by atoms with Crippen molar-refractivity contribution in [1.29, 1.82) is 0 Å². The molecule has 0 radical (unpaired) electrons. The van der Waals surface area contributed by atoms with Crippen LogP contribution in [0.1, 0.15) is 31.5 Å². The average Bonchev–Trinajstić information content (AvgIpc) is 2.88. The van der Waals surface area contributed by atoms with Crippen LogP contribution in [0, 0.1) is 0 Å². The number of nitrogens with two attached hydrogens (primary N) is 1. The van der Waals surface area contributed by atoms with Gasteiger partial charge in [-0.15, -0.1) is 0 Å². The first-order valence-electron chi connectivity index (χ1n) is 6.54. The fraction of sp³-hybridized carbons (Fsp3) is 0.429. The van der Waals surface area contributed by atoms with Gasteiger partial charge in [-0.05, 0) is 31.5 Å². The second-order valence-corrected chi connectivity index (χ2v) is 4.44. The number of aryl methyl sites for hydroxylation is 1. The molecule has 0 aliphatic carbocycles. The summed E-state index contributed by atoms with van der Waals surface area (Å²) < 4.78 is 0. The molecule has 0 saturated carbocycles. The number of pyridine rings is 1. The summed E-state index contributed by atoms with van der Waals surface area (Å²) >= 11 is 0. The number of rotatable bonds is 7. The van der Waals surface area contributed by atoms with Crippen molar-refractivity contribution >= 4 is 0 Å². The number of hydrogen-bond donors (Lipinski definition) is 2. The van der Waals surface area contributed by atoms with Gasteiger partial charge in [-0.25, -0.2) is 4.98 Å². The maximum absolute atomic E-state index is 5.47. The van der Waals surface area contributed by atoms with Gasteiger partial charge in [0.25, 0.3) is 0 Å². The molecule has 0 aromatic carbocycles. The highest BCUT2D eigenvalue weighted by Crippen LogP contribution is 2.15. The lowest BCUT2D eigenvalue weighted by Crippen LogP contribution is -1.98. The van der Waals surface area contributed by atoms with Crippen molar-refractivity contribution in [3.63, 3.8) is 0 Å². The van der Waals surface area contributed by atoms with Gasteiger partial charge in [-0.3, -0.25) is 4.98 Å². The lowest BCUT2D eigenvalue weighted by atomic mass is 10.1. The third-order valence-corrected chi connectivity index (χ3v) is 2.97. The van der Waals surface area contributed by atoms with Crippen LogP contribution in [0.25, 0.3) is 11.3 Å². The van der Waals surface area contributed by atoms with Crippen molar-refractivity contribution in [2.45, 2.75) is 32.1 Å². The normalized spacial score (nSPS) is 10.7. The van der Waals surface area contributed by atoms with Gasteiger partial charge in [0, 0.05) is 24.4 Å². The van der Waals surface area contributed by atoms with Gasteiger partial charge in [-0.1, -0.05) is 12.8 Å². The van der Waals surface area contributed by atoms with Gasteiger partial charge in [0.1, 0.15) is 5.82 Å². The van der Waals surface area contributed by atoms with Gasteiger partial charge in [0.05, 0.1) is 11.9 Å². The monoisotopic (exact) mass is 244 g/mol. The lowest BCUT2D eigenvalue weighted by molar-refractivity contribution is 0.638. The number of nitrogens with zero attached hydrogens (tertiary/aromatic N) is 2. The summed E-state index contributed by atoms with van der Waals surface area (Å²) in [6.07, 6.45) is 11.2. The van der Waals surface area contributed by atoms with Gasteiger partial charge in [0.2, 0.25) is 0 Å². The molecule has 3 N–H and O–H groups in total. The Morgan fingerprint density at radius 3 is 2.78 bits per heavy atom. The summed E-state index contributed by atoms with van der Waals surface area (Å²) in [4.78, 5) is 11.9. The molecule has 2 aromatic rings. The second-order valence-electron chi connectivity index (χ2n) is 4.44. The van der Waals surface area contributed by atoms with E-state index < -0.39 is 0 Å². The number of aromatic amines is 1. The van der Waals surface area contributed by atoms with Gasteiger partial charge >= 0.3 is 0 Å². The molecule has 18 heavy (non-hydrogen) atoms. The molecule has 96 valence electrons. The Labute approximate surface area is 108 Å². The molecular formula is C14H20N4. The zero-order chi connectivity index (χ0) is 12.6. The summed E-state index contributed by atoms with van der Waals surface area (Å²) in [5.41, 5.74) is 7.59. The minimum atomic E-state index is 0.798. The molecule has 0 unspecified atom stereocenters. The first-order valence-corrected chi connectivity index (χ1v) is 6.54. The smallest absolute Gasteiger partial charge is 0.106 e. The van der Waals surface area contributed by atoms with E-state index in [9.17, 15) is 0 Å². The zero-order valence-corrected chi connectivity index (χ0v) is 10.6. The summed E-state index contributed by atoms with van der Waals surface area (Å²) in [5.74, 6) is 1.06. The van der Waals surface area contributed by atoms with Gasteiger partial charge in [0.15, 0.2) is 0 Å². The Bertz CT molecular complexity index is 450. The minimum Gasteiger partial charge on any atom is -0.342 e. The number of hydrogen-bond acceptors (Lipinski definition) is 3. The molecule has 2 aromatic heterocycles. The van der Waals surface area contributed by atoms with Crippen molar-refractivity contribution in [2.75, 3.05) is 6.54 Å². The number of H-pyrrole nitrogens is 1. The molecule has 0 fully saturated rings. The predicted octanol–water partition coefficient (Wildman–Crippen LogP) is 2.53. The van der Waals surface area contributed by atoms with Crippen LogP contribution in [-0.2, 0) is 6.42 Å². The molecule has 0 amide bonds. The predicted molar refractivity (Wildman–Crippen MR) is 73.0 cm³/mol. The standard InChI is InChI=1S/C14H20N4/c15-8-4-2-1-3-7-14-17-11-13(18-14)12-6-5-9-16-10-12/h5-6,9-11H,1-4,7-8,15H2,(H,17,18). The molecule has 0 spiro atoms. The Morgan fingerprint density at radius 1 is 1.11 bits per heavy atom. The first kappa shape index (κ1) is 12.8. The van der Waals surface area contributed by atoms with Crippen molar-refractivity contribution in [3.05, 3.63) is 36.5 Å². The molecule has 0 aliphatic rings. The Hall–Kier alpha value is -1.68. The first-order chi connectivity index (χ1) is 8.90. The second kappa shape index (κ2) is 6.91. The van der Waals surface area contributed by atoms with E-state index in [0.717, 1.165) is 36.5 Å². The molecule has 2 rings (SSSR count). The third kappa shape index (κ3) is 3.67. The number of aromatic nitrogens is 3. The maximum Gasteiger partial charge on any atom is 0.106 e. The van der Waals surface area contributed by atoms with Gasteiger partial charge < -0.3 is 10.7 Å². The molecule has 4 nitrogen and oxygen atoms in total. The van der Waals surface area contributed by atoms with E-state index in [1.165, 1.54) is 19.3 Å². The van der Waals surface area contributed by atoms with Crippen LogP contribution in [-0.4, -0.2) is 21.5 Å². The summed E-state index contributed by atoms with van der Waals surface area (Å²) in [6, 6.07) is 3.97. The van der Waals surface area contributed by atoms with E-state index in [1.54, 1.807) is 6.20 Å². The number of imidazole rings is 1. The van der Waals surface area contributed by atoms with Crippen LogP contribution >= 0.6 is 0 Å². The van der Waals surface area contributed by atoms with E-state index in [4.69, 9.17) is 5.73 Å². The number of unbranched alkanes of at least 4 members (excludes halogenated alkanes) is 3. The van der Waals surface area contributed by atoms with Crippen molar-refractivity contribution in [1.82, 2.24) is 15.0 Å².